The van der Waals surface area contributed by atoms with Crippen LogP contribution in [0, 0.1) is 0 Å². The van der Waals surface area contributed by atoms with Crippen molar-refractivity contribution < 1.29 is 40.6 Å². The van der Waals surface area contributed by atoms with Crippen LogP contribution in [-0.2, 0) is 17.1 Å². The number of anilines is 1. The van der Waals surface area contributed by atoms with Crippen molar-refractivity contribution in [3.8, 4) is 11.6 Å². The van der Waals surface area contributed by atoms with Crippen LogP contribution in [0.4, 0.5) is 32.0 Å². The molecule has 152 valence electrons. The minimum atomic E-state index is -5.01. The second kappa shape index (κ2) is 8.36. The first kappa shape index (κ1) is 21.3. The van der Waals surface area contributed by atoms with Crippen LogP contribution in [0.25, 0.3) is 0 Å². The smallest absolute Gasteiger partial charge is 0.416 e. The van der Waals surface area contributed by atoms with E-state index in [2.05, 4.69) is 10.3 Å². The first-order valence-corrected chi connectivity index (χ1v) is 7.80. The predicted octanol–water partition coefficient (Wildman–Crippen LogP) is 4.54. The van der Waals surface area contributed by atoms with Gasteiger partial charge in [-0.15, -0.1) is 0 Å². The second-order valence-corrected chi connectivity index (χ2v) is 5.37. The van der Waals surface area contributed by atoms with E-state index in [1.807, 2.05) is 0 Å². The Balaban J connectivity index is 2.14. The number of rotatable bonds is 6. The number of nitrogens with one attached hydrogen (secondary N) is 1. The Morgan fingerprint density at radius 1 is 1.04 bits per heavy atom. The zero-order valence-corrected chi connectivity index (χ0v) is 14.3. The van der Waals surface area contributed by atoms with Crippen molar-refractivity contribution in [1.29, 1.82) is 0 Å². The standard InChI is InChI=1S/C17H14F6N2O3/c1-2-27-15-13(4-3-5-24-15)25-14(26)9-28-12-7-10(16(18,19)20)6-11(8-12)17(21,22)23/h3-8H,2,9H2,1H3,(H,25,26). The molecular formula is C17H14F6N2O3. The Hall–Kier alpha value is -2.98. The number of pyridine rings is 1. The molecule has 1 amide bonds. The Morgan fingerprint density at radius 3 is 2.18 bits per heavy atom. The van der Waals surface area contributed by atoms with Gasteiger partial charge in [-0.2, -0.15) is 26.3 Å². The van der Waals surface area contributed by atoms with Crippen molar-refractivity contribution >= 4 is 11.6 Å². The molecule has 0 saturated heterocycles. The average Bonchev–Trinajstić information content (AvgIpc) is 2.60. The van der Waals surface area contributed by atoms with E-state index in [4.69, 9.17) is 9.47 Å². The summed E-state index contributed by atoms with van der Waals surface area (Å²) in [7, 11) is 0. The third-order valence-electron chi connectivity index (χ3n) is 3.26. The van der Waals surface area contributed by atoms with Gasteiger partial charge in [-0.1, -0.05) is 0 Å². The summed E-state index contributed by atoms with van der Waals surface area (Å²) in [6.45, 7) is 1.13. The van der Waals surface area contributed by atoms with Gasteiger partial charge in [0.1, 0.15) is 11.4 Å². The molecule has 0 radical (unpaired) electrons. The first-order valence-electron chi connectivity index (χ1n) is 7.80. The van der Waals surface area contributed by atoms with Gasteiger partial charge in [-0.25, -0.2) is 4.98 Å². The molecule has 1 heterocycles. The molecule has 1 aromatic carbocycles. The van der Waals surface area contributed by atoms with E-state index in [0.717, 1.165) is 0 Å². The van der Waals surface area contributed by atoms with Crippen molar-refractivity contribution in [3.05, 3.63) is 47.7 Å². The van der Waals surface area contributed by atoms with Crippen molar-refractivity contribution in [3.63, 3.8) is 0 Å². The minimum absolute atomic E-state index is 0.0308. The van der Waals surface area contributed by atoms with Gasteiger partial charge in [-0.05, 0) is 37.3 Å². The fourth-order valence-corrected chi connectivity index (χ4v) is 2.08. The average molecular weight is 408 g/mol. The van der Waals surface area contributed by atoms with Crippen LogP contribution in [0.2, 0.25) is 0 Å². The summed E-state index contributed by atoms with van der Waals surface area (Å²) in [4.78, 5) is 15.8. The number of carbonyl (C=O) groups is 1. The lowest BCUT2D eigenvalue weighted by Crippen LogP contribution is -2.21. The molecule has 28 heavy (non-hydrogen) atoms. The number of amides is 1. The topological polar surface area (TPSA) is 60.5 Å². The summed E-state index contributed by atoms with van der Waals surface area (Å²) in [5, 5.41) is 2.36. The molecule has 2 rings (SSSR count). The zero-order chi connectivity index (χ0) is 20.9. The number of carbonyl (C=O) groups excluding carboxylic acids is 1. The van der Waals surface area contributed by atoms with Gasteiger partial charge in [-0.3, -0.25) is 4.79 Å². The molecule has 0 fully saturated rings. The van der Waals surface area contributed by atoms with Crippen molar-refractivity contribution in [2.24, 2.45) is 0 Å². The molecular weight excluding hydrogens is 394 g/mol. The van der Waals surface area contributed by atoms with Crippen LogP contribution in [0.5, 0.6) is 11.6 Å². The number of hydrogen-bond donors (Lipinski definition) is 1. The highest BCUT2D eigenvalue weighted by atomic mass is 19.4. The Morgan fingerprint density at radius 2 is 1.64 bits per heavy atom. The largest absolute Gasteiger partial charge is 0.484 e. The molecule has 2 aromatic rings. The fraction of sp³-hybridized carbons (Fsp3) is 0.294. The highest BCUT2D eigenvalue weighted by Crippen LogP contribution is 2.38. The molecule has 11 heteroatoms. The van der Waals surface area contributed by atoms with Crippen LogP contribution in [0.15, 0.2) is 36.5 Å². The summed E-state index contributed by atoms with van der Waals surface area (Å²) in [6, 6.07) is 3.71. The minimum Gasteiger partial charge on any atom is -0.484 e. The SMILES string of the molecule is CCOc1ncccc1NC(=O)COc1cc(C(F)(F)F)cc(C(F)(F)F)c1. The molecule has 0 spiro atoms. The van der Waals surface area contributed by atoms with E-state index in [1.165, 1.54) is 18.3 Å². The number of alkyl halides is 6. The van der Waals surface area contributed by atoms with E-state index < -0.39 is 41.7 Å². The third kappa shape index (κ3) is 5.76. The molecule has 0 atom stereocenters. The van der Waals surface area contributed by atoms with Gasteiger partial charge in [0.2, 0.25) is 5.88 Å². The molecule has 0 aliphatic rings. The number of halogens is 6. The van der Waals surface area contributed by atoms with Crippen molar-refractivity contribution in [2.75, 3.05) is 18.5 Å². The van der Waals surface area contributed by atoms with Gasteiger partial charge in [0.05, 0.1) is 17.7 Å². The van der Waals surface area contributed by atoms with Crippen LogP contribution in [0.1, 0.15) is 18.1 Å². The lowest BCUT2D eigenvalue weighted by Gasteiger charge is -2.15. The van der Waals surface area contributed by atoms with E-state index in [-0.39, 0.29) is 24.2 Å². The highest BCUT2D eigenvalue weighted by molar-refractivity contribution is 5.92. The van der Waals surface area contributed by atoms with Crippen LogP contribution >= 0.6 is 0 Å². The number of hydrogen-bond acceptors (Lipinski definition) is 4. The van der Waals surface area contributed by atoms with Crippen LogP contribution < -0.4 is 14.8 Å². The van der Waals surface area contributed by atoms with Crippen molar-refractivity contribution in [1.82, 2.24) is 4.98 Å². The number of aromatic nitrogens is 1. The van der Waals surface area contributed by atoms with Gasteiger partial charge in [0.25, 0.3) is 5.91 Å². The maximum Gasteiger partial charge on any atom is 0.416 e. The summed E-state index contributed by atoms with van der Waals surface area (Å²) >= 11 is 0. The first-order chi connectivity index (χ1) is 13.0. The van der Waals surface area contributed by atoms with Gasteiger partial charge in [0, 0.05) is 6.20 Å². The molecule has 1 N–H and O–H groups in total. The Bertz CT molecular complexity index is 804. The predicted molar refractivity (Wildman–Crippen MR) is 86.0 cm³/mol. The number of nitrogens with zero attached hydrogens (tertiary/aromatic N) is 1. The van der Waals surface area contributed by atoms with E-state index in [9.17, 15) is 31.1 Å². The zero-order valence-electron chi connectivity index (χ0n) is 14.3. The van der Waals surface area contributed by atoms with Crippen LogP contribution in [0.3, 0.4) is 0 Å². The molecule has 0 saturated carbocycles. The van der Waals surface area contributed by atoms with Gasteiger partial charge >= 0.3 is 12.4 Å². The monoisotopic (exact) mass is 408 g/mol. The molecule has 0 bridgehead atoms. The highest BCUT2D eigenvalue weighted by Gasteiger charge is 2.37. The van der Waals surface area contributed by atoms with Crippen LogP contribution in [-0.4, -0.2) is 24.1 Å². The lowest BCUT2D eigenvalue weighted by molar-refractivity contribution is -0.143. The number of ether oxygens (including phenoxy) is 2. The summed E-state index contributed by atoms with van der Waals surface area (Å²) in [5.74, 6) is -1.45. The van der Waals surface area contributed by atoms with E-state index in [0.29, 0.717) is 12.1 Å². The normalized spacial score (nSPS) is 11.8. The Labute approximate surface area is 155 Å². The van der Waals surface area contributed by atoms with Gasteiger partial charge < -0.3 is 14.8 Å². The van der Waals surface area contributed by atoms with Gasteiger partial charge in [0.15, 0.2) is 6.61 Å². The Kier molecular flexibility index (Phi) is 6.37. The summed E-state index contributed by atoms with van der Waals surface area (Å²) in [6.07, 6.45) is -8.61. The van der Waals surface area contributed by atoms with E-state index in [1.54, 1.807) is 6.92 Å². The maximum absolute atomic E-state index is 12.8. The molecule has 0 unspecified atom stereocenters. The third-order valence-corrected chi connectivity index (χ3v) is 3.26. The number of benzene rings is 1. The quantitative estimate of drug-likeness (QED) is 0.714. The molecule has 1 aromatic heterocycles. The second-order valence-electron chi connectivity index (χ2n) is 5.37. The maximum atomic E-state index is 12.8. The summed E-state index contributed by atoms with van der Waals surface area (Å²) in [5.41, 5.74) is -2.90. The van der Waals surface area contributed by atoms with E-state index >= 15 is 0 Å². The molecule has 0 aliphatic carbocycles. The summed E-state index contributed by atoms with van der Waals surface area (Å²) < 4.78 is 86.9. The fourth-order valence-electron chi connectivity index (χ4n) is 2.08. The lowest BCUT2D eigenvalue weighted by atomic mass is 10.1. The molecule has 0 aliphatic heterocycles. The molecule has 5 nitrogen and oxygen atoms in total. The van der Waals surface area contributed by atoms with Crippen molar-refractivity contribution in [2.45, 2.75) is 19.3 Å².